The Hall–Kier alpha value is -2.36. The van der Waals surface area contributed by atoms with Gasteiger partial charge in [0.05, 0.1) is 9.80 Å². The van der Waals surface area contributed by atoms with E-state index in [0.717, 1.165) is 27.6 Å². The third-order valence-corrected chi connectivity index (χ3v) is 8.80. The first-order valence-corrected chi connectivity index (χ1v) is 13.5. The zero-order chi connectivity index (χ0) is 24.0. The maximum Gasteiger partial charge on any atom is 0.284 e. The predicted molar refractivity (Wildman–Crippen MR) is 138 cm³/mol. The van der Waals surface area contributed by atoms with E-state index in [-0.39, 0.29) is 21.4 Å². The molecule has 2 aromatic carbocycles. The molecule has 6 nitrogen and oxygen atoms in total. The number of likely N-dealkylation sites (N-methyl/N-ethyl adjacent to an activating group) is 2. The Morgan fingerprint density at radius 2 is 1.76 bits per heavy atom. The highest BCUT2D eigenvalue weighted by Gasteiger charge is 2.38. The molecule has 1 fully saturated rings. The molecule has 1 amide bonds. The molecule has 33 heavy (non-hydrogen) atoms. The summed E-state index contributed by atoms with van der Waals surface area (Å²) in [6, 6.07) is 14.5. The van der Waals surface area contributed by atoms with Gasteiger partial charge in [-0.3, -0.25) is 9.69 Å². The van der Waals surface area contributed by atoms with Crippen LogP contribution in [0.15, 0.2) is 85.1 Å². The lowest BCUT2D eigenvalue weighted by Gasteiger charge is -2.23. The van der Waals surface area contributed by atoms with Crippen LogP contribution in [0.25, 0.3) is 0 Å². The summed E-state index contributed by atoms with van der Waals surface area (Å²) >= 11 is 4.38. The van der Waals surface area contributed by atoms with E-state index in [2.05, 4.69) is 51.2 Å². The molecular weight excluding hydrogens is 522 g/mol. The lowest BCUT2D eigenvalue weighted by molar-refractivity contribution is -0.122. The van der Waals surface area contributed by atoms with Crippen LogP contribution in [0.5, 0.6) is 0 Å². The van der Waals surface area contributed by atoms with Crippen LogP contribution in [0.3, 0.4) is 0 Å². The number of allylic oxidation sites excluding steroid dienone is 3. The molecule has 0 bridgehead atoms. The molecule has 2 aliphatic rings. The topological polar surface area (TPSA) is 70.1 Å². The van der Waals surface area contributed by atoms with Crippen molar-refractivity contribution in [2.24, 2.45) is 4.40 Å². The van der Waals surface area contributed by atoms with Crippen molar-refractivity contribution in [3.05, 3.63) is 81.3 Å². The summed E-state index contributed by atoms with van der Waals surface area (Å²) in [5, 5.41) is 0.164. The molecule has 9 heteroatoms. The second-order valence-electron chi connectivity index (χ2n) is 8.24. The quantitative estimate of drug-likeness (QED) is 0.488. The SMILES string of the molecule is CCN1C(=O)/C(=C/C=C2/N(C)c3ccccc3C2(C)C)SC1=NS(=O)(=O)c1ccc(Br)cc1. The second-order valence-corrected chi connectivity index (χ2v) is 11.8. The van der Waals surface area contributed by atoms with Gasteiger partial charge in [0.1, 0.15) is 0 Å². The van der Waals surface area contributed by atoms with Gasteiger partial charge in [-0.1, -0.05) is 48.0 Å². The van der Waals surface area contributed by atoms with Crippen LogP contribution in [0.4, 0.5) is 5.69 Å². The number of thioether (sulfide) groups is 1. The van der Waals surface area contributed by atoms with E-state index in [1.807, 2.05) is 25.3 Å². The molecule has 0 saturated carbocycles. The van der Waals surface area contributed by atoms with Gasteiger partial charge in [-0.15, -0.1) is 4.40 Å². The molecule has 0 atom stereocenters. The van der Waals surface area contributed by atoms with Gasteiger partial charge in [-0.05, 0) is 66.7 Å². The lowest BCUT2D eigenvalue weighted by Crippen LogP contribution is -2.29. The third-order valence-electron chi connectivity index (χ3n) is 5.85. The number of sulfonamides is 1. The number of benzene rings is 2. The largest absolute Gasteiger partial charge is 0.347 e. The molecule has 0 unspecified atom stereocenters. The van der Waals surface area contributed by atoms with Crippen molar-refractivity contribution < 1.29 is 13.2 Å². The fourth-order valence-electron chi connectivity index (χ4n) is 4.09. The first-order chi connectivity index (χ1) is 15.6. The van der Waals surface area contributed by atoms with E-state index in [1.54, 1.807) is 25.1 Å². The summed E-state index contributed by atoms with van der Waals surface area (Å²) in [6.45, 7) is 6.43. The third kappa shape index (κ3) is 4.29. The number of fused-ring (bicyclic) bond motifs is 1. The van der Waals surface area contributed by atoms with Crippen molar-refractivity contribution in [2.45, 2.75) is 31.1 Å². The van der Waals surface area contributed by atoms with E-state index < -0.39 is 10.0 Å². The Morgan fingerprint density at radius 3 is 2.39 bits per heavy atom. The van der Waals surface area contributed by atoms with Crippen molar-refractivity contribution in [1.82, 2.24) is 4.90 Å². The fourth-order valence-corrected chi connectivity index (χ4v) is 6.54. The summed E-state index contributed by atoms with van der Waals surface area (Å²) in [6.07, 6.45) is 3.71. The Kier molecular flexibility index (Phi) is 6.32. The zero-order valence-corrected chi connectivity index (χ0v) is 22.0. The number of nitrogens with zero attached hydrogens (tertiary/aromatic N) is 3. The minimum atomic E-state index is -3.94. The van der Waals surface area contributed by atoms with E-state index in [1.165, 1.54) is 22.6 Å². The standard InChI is InChI=1S/C24H24BrN3O3S2/c1-5-28-22(29)20(32-23(28)26-33(30,31)17-12-10-16(25)11-13-17)14-15-21-24(2,3)18-8-6-7-9-19(18)27(21)4/h6-15H,5H2,1-4H3/b20-14-,21-15+,26-23?. The molecule has 0 aliphatic carbocycles. The molecule has 0 spiro atoms. The van der Waals surface area contributed by atoms with Crippen LogP contribution in [0.1, 0.15) is 26.3 Å². The summed E-state index contributed by atoms with van der Waals surface area (Å²) in [4.78, 5) is 17.0. The van der Waals surface area contributed by atoms with Crippen molar-refractivity contribution in [3.8, 4) is 0 Å². The molecule has 172 valence electrons. The van der Waals surface area contributed by atoms with Gasteiger partial charge in [0.15, 0.2) is 5.17 Å². The van der Waals surface area contributed by atoms with E-state index in [0.29, 0.717) is 11.4 Å². The van der Waals surface area contributed by atoms with Gasteiger partial charge < -0.3 is 4.90 Å². The highest BCUT2D eigenvalue weighted by atomic mass is 79.9. The number of carbonyl (C=O) groups excluding carboxylic acids is 1. The second kappa shape index (κ2) is 8.77. The van der Waals surface area contributed by atoms with E-state index in [4.69, 9.17) is 0 Å². The molecule has 2 heterocycles. The van der Waals surface area contributed by atoms with Gasteiger partial charge >= 0.3 is 0 Å². The molecule has 2 aromatic rings. The average Bonchev–Trinajstić information content (AvgIpc) is 3.16. The molecular formula is C24H24BrN3O3S2. The summed E-state index contributed by atoms with van der Waals surface area (Å²) in [7, 11) is -1.93. The normalized spacial score (nSPS) is 21.5. The molecule has 0 aromatic heterocycles. The fraction of sp³-hybridized carbons (Fsp3) is 0.250. The van der Waals surface area contributed by atoms with Gasteiger partial charge in [0.25, 0.3) is 15.9 Å². The van der Waals surface area contributed by atoms with Gasteiger partial charge in [0, 0.05) is 34.9 Å². The molecule has 4 rings (SSSR count). The first-order valence-electron chi connectivity index (χ1n) is 10.4. The number of hydrogen-bond donors (Lipinski definition) is 0. The van der Waals surface area contributed by atoms with E-state index >= 15 is 0 Å². The van der Waals surface area contributed by atoms with Gasteiger partial charge in [-0.2, -0.15) is 8.42 Å². The van der Waals surface area contributed by atoms with Gasteiger partial charge in [-0.25, -0.2) is 0 Å². The van der Waals surface area contributed by atoms with Crippen molar-refractivity contribution >= 4 is 54.5 Å². The number of anilines is 1. The van der Waals surface area contributed by atoms with Crippen molar-refractivity contribution in [2.75, 3.05) is 18.5 Å². The lowest BCUT2D eigenvalue weighted by atomic mass is 9.84. The monoisotopic (exact) mass is 545 g/mol. The van der Waals surface area contributed by atoms with E-state index in [9.17, 15) is 13.2 Å². The number of halogens is 1. The molecule has 1 saturated heterocycles. The van der Waals surface area contributed by atoms with Crippen LogP contribution in [-0.4, -0.2) is 38.0 Å². The maximum atomic E-state index is 13.0. The Balaban J connectivity index is 1.68. The first kappa shape index (κ1) is 23.8. The minimum absolute atomic E-state index is 0.0777. The maximum absolute atomic E-state index is 13.0. The Morgan fingerprint density at radius 1 is 1.09 bits per heavy atom. The number of rotatable bonds is 4. The van der Waals surface area contributed by atoms with Crippen LogP contribution in [0.2, 0.25) is 0 Å². The smallest absolute Gasteiger partial charge is 0.284 e. The molecule has 0 N–H and O–H groups in total. The number of para-hydroxylation sites is 1. The van der Waals surface area contributed by atoms with Crippen LogP contribution in [0, 0.1) is 0 Å². The summed E-state index contributed by atoms with van der Waals surface area (Å²) in [5.74, 6) is -0.250. The summed E-state index contributed by atoms with van der Waals surface area (Å²) < 4.78 is 30.4. The average molecular weight is 547 g/mol. The predicted octanol–water partition coefficient (Wildman–Crippen LogP) is 5.28. The van der Waals surface area contributed by atoms with Crippen LogP contribution >= 0.6 is 27.7 Å². The van der Waals surface area contributed by atoms with Crippen molar-refractivity contribution in [1.29, 1.82) is 0 Å². The Bertz CT molecular complexity index is 1310. The highest BCUT2D eigenvalue weighted by molar-refractivity contribution is 9.10. The molecule has 0 radical (unpaired) electrons. The Labute approximate surface area is 207 Å². The molecule has 2 aliphatic heterocycles. The van der Waals surface area contributed by atoms with Gasteiger partial charge in [0.2, 0.25) is 0 Å². The van der Waals surface area contributed by atoms with Crippen molar-refractivity contribution in [3.63, 3.8) is 0 Å². The van der Waals surface area contributed by atoms with Crippen LogP contribution in [-0.2, 0) is 20.2 Å². The highest BCUT2D eigenvalue weighted by Crippen LogP contribution is 2.46. The number of amidine groups is 1. The summed E-state index contributed by atoms with van der Waals surface area (Å²) in [5.41, 5.74) is 3.19. The number of amides is 1. The van der Waals surface area contributed by atoms with Crippen LogP contribution < -0.4 is 4.90 Å². The minimum Gasteiger partial charge on any atom is -0.347 e. The zero-order valence-electron chi connectivity index (χ0n) is 18.7. The number of carbonyl (C=O) groups is 1. The number of hydrogen-bond acceptors (Lipinski definition) is 5.